The molecular formula is C15H22ClN3OS. The van der Waals surface area contributed by atoms with Crippen LogP contribution in [0.3, 0.4) is 0 Å². The van der Waals surface area contributed by atoms with Crippen molar-refractivity contribution in [2.75, 3.05) is 7.05 Å². The third-order valence-electron chi connectivity index (χ3n) is 3.32. The Kier molecular flexibility index (Phi) is 6.13. The minimum atomic E-state index is -0.791. The van der Waals surface area contributed by atoms with Gasteiger partial charge in [0.05, 0.1) is 22.3 Å². The van der Waals surface area contributed by atoms with Gasteiger partial charge in [0.1, 0.15) is 5.01 Å². The fourth-order valence-electron chi connectivity index (χ4n) is 2.32. The normalized spacial score (nSPS) is 13.5. The van der Waals surface area contributed by atoms with E-state index in [2.05, 4.69) is 4.98 Å². The second-order valence-electron chi connectivity index (χ2n) is 5.40. The summed E-state index contributed by atoms with van der Waals surface area (Å²) < 4.78 is 1.15. The van der Waals surface area contributed by atoms with Gasteiger partial charge in [0.2, 0.25) is 5.91 Å². The average Bonchev–Trinajstić information content (AvgIpc) is 2.79. The molecule has 0 fully saturated rings. The summed E-state index contributed by atoms with van der Waals surface area (Å²) in [6.07, 6.45) is 1.59. The molecule has 2 aromatic rings. The Morgan fingerprint density at radius 2 is 2.10 bits per heavy atom. The number of rotatable bonds is 5. The van der Waals surface area contributed by atoms with Crippen molar-refractivity contribution in [2.24, 2.45) is 5.73 Å². The predicted octanol–water partition coefficient (Wildman–Crippen LogP) is 3.19. The van der Waals surface area contributed by atoms with Crippen molar-refractivity contribution in [3.05, 3.63) is 29.3 Å². The number of thiazole rings is 1. The molecule has 2 rings (SSSR count). The van der Waals surface area contributed by atoms with Gasteiger partial charge in [0.15, 0.2) is 0 Å². The number of benzene rings is 1. The van der Waals surface area contributed by atoms with Crippen molar-refractivity contribution in [2.45, 2.75) is 38.8 Å². The molecule has 1 unspecified atom stereocenters. The van der Waals surface area contributed by atoms with E-state index in [4.69, 9.17) is 5.73 Å². The summed E-state index contributed by atoms with van der Waals surface area (Å²) in [7, 11) is 1.79. The van der Waals surface area contributed by atoms with E-state index in [1.54, 1.807) is 30.2 Å². The first-order valence-electron chi connectivity index (χ1n) is 6.83. The van der Waals surface area contributed by atoms with Gasteiger partial charge >= 0.3 is 0 Å². The van der Waals surface area contributed by atoms with Gasteiger partial charge in [-0.25, -0.2) is 4.98 Å². The molecule has 4 nitrogen and oxygen atoms in total. The molecule has 1 aromatic heterocycles. The second-order valence-corrected chi connectivity index (χ2v) is 6.52. The smallest absolute Gasteiger partial charge is 0.242 e. The number of hydrogen-bond donors (Lipinski definition) is 1. The molecule has 6 heteroatoms. The van der Waals surface area contributed by atoms with E-state index >= 15 is 0 Å². The number of nitrogens with two attached hydrogens (primary N) is 1. The molecule has 2 N–H and O–H groups in total. The number of likely N-dealkylation sites (N-methyl/N-ethyl adjacent to an activating group) is 1. The molecule has 0 spiro atoms. The maximum Gasteiger partial charge on any atom is 0.242 e. The van der Waals surface area contributed by atoms with Crippen molar-refractivity contribution >= 4 is 39.9 Å². The van der Waals surface area contributed by atoms with E-state index in [0.717, 1.165) is 21.6 Å². The molecule has 116 valence electrons. The van der Waals surface area contributed by atoms with Crippen molar-refractivity contribution in [3.8, 4) is 0 Å². The van der Waals surface area contributed by atoms with Gasteiger partial charge in [-0.3, -0.25) is 4.79 Å². The van der Waals surface area contributed by atoms with Crippen LogP contribution >= 0.6 is 23.7 Å². The Morgan fingerprint density at radius 1 is 1.43 bits per heavy atom. The van der Waals surface area contributed by atoms with E-state index in [0.29, 0.717) is 13.0 Å². The minimum Gasteiger partial charge on any atom is -0.337 e. The largest absolute Gasteiger partial charge is 0.337 e. The summed E-state index contributed by atoms with van der Waals surface area (Å²) in [5.74, 6) is -0.0291. The van der Waals surface area contributed by atoms with Gasteiger partial charge in [-0.15, -0.1) is 23.7 Å². The highest BCUT2D eigenvalue weighted by Gasteiger charge is 2.30. The summed E-state index contributed by atoms with van der Waals surface area (Å²) in [5, 5.41) is 0.939. The van der Waals surface area contributed by atoms with Crippen LogP contribution in [0.25, 0.3) is 10.2 Å². The van der Waals surface area contributed by atoms with Gasteiger partial charge in [-0.2, -0.15) is 0 Å². The average molecular weight is 328 g/mol. The molecule has 1 heterocycles. The number of halogens is 1. The van der Waals surface area contributed by atoms with Crippen LogP contribution in [0.15, 0.2) is 24.3 Å². The van der Waals surface area contributed by atoms with E-state index in [-0.39, 0.29) is 18.3 Å². The van der Waals surface area contributed by atoms with Gasteiger partial charge < -0.3 is 10.6 Å². The third-order valence-corrected chi connectivity index (χ3v) is 4.34. The number of fused-ring (bicyclic) bond motifs is 1. The maximum absolute atomic E-state index is 12.4. The molecule has 0 bridgehead atoms. The standard InChI is InChI=1S/C15H21N3OS.ClH/c1-4-9-15(2,16)14(19)18(3)10-13-17-11-7-5-6-8-12(11)20-13;/h5-8H,4,9-10,16H2,1-3H3;1H. The van der Waals surface area contributed by atoms with Gasteiger partial charge in [-0.05, 0) is 25.5 Å². The van der Waals surface area contributed by atoms with Gasteiger partial charge in [0.25, 0.3) is 0 Å². The monoisotopic (exact) mass is 327 g/mol. The predicted molar refractivity (Wildman–Crippen MR) is 90.8 cm³/mol. The first kappa shape index (κ1) is 17.9. The molecule has 0 saturated heterocycles. The number of carbonyl (C=O) groups excluding carboxylic acids is 1. The van der Waals surface area contributed by atoms with Crippen LogP contribution in [0.5, 0.6) is 0 Å². The Bertz CT molecular complexity index is 579. The molecule has 0 aliphatic carbocycles. The second kappa shape index (κ2) is 7.20. The van der Waals surface area contributed by atoms with Gasteiger partial charge in [-0.1, -0.05) is 25.5 Å². The first-order chi connectivity index (χ1) is 9.44. The van der Waals surface area contributed by atoms with Crippen LogP contribution in [-0.4, -0.2) is 28.4 Å². The van der Waals surface area contributed by atoms with Crippen molar-refractivity contribution in [1.82, 2.24) is 9.88 Å². The number of para-hydroxylation sites is 1. The Morgan fingerprint density at radius 3 is 2.71 bits per heavy atom. The zero-order valence-corrected chi connectivity index (χ0v) is 14.3. The Labute approximate surface area is 135 Å². The first-order valence-corrected chi connectivity index (χ1v) is 7.64. The minimum absolute atomic E-state index is 0. The van der Waals surface area contributed by atoms with Crippen LogP contribution in [0.1, 0.15) is 31.7 Å². The summed E-state index contributed by atoms with van der Waals surface area (Å²) in [6, 6.07) is 8.00. The molecule has 0 saturated carbocycles. The number of hydrogen-bond acceptors (Lipinski definition) is 4. The van der Waals surface area contributed by atoms with E-state index in [1.807, 2.05) is 31.2 Å². The molecule has 21 heavy (non-hydrogen) atoms. The highest BCUT2D eigenvalue weighted by molar-refractivity contribution is 7.18. The summed E-state index contributed by atoms with van der Waals surface area (Å²) in [5.41, 5.74) is 6.28. The number of carbonyl (C=O) groups is 1. The number of aromatic nitrogens is 1. The summed E-state index contributed by atoms with van der Waals surface area (Å²) in [4.78, 5) is 18.6. The molecule has 0 aliphatic rings. The van der Waals surface area contributed by atoms with Crippen LogP contribution in [0.2, 0.25) is 0 Å². The van der Waals surface area contributed by atoms with Crippen LogP contribution in [0, 0.1) is 0 Å². The lowest BCUT2D eigenvalue weighted by Gasteiger charge is -2.28. The van der Waals surface area contributed by atoms with E-state index in [9.17, 15) is 4.79 Å². The third kappa shape index (κ3) is 4.15. The molecule has 0 aliphatic heterocycles. The molecule has 0 radical (unpaired) electrons. The maximum atomic E-state index is 12.4. The van der Waals surface area contributed by atoms with E-state index in [1.165, 1.54) is 0 Å². The quantitative estimate of drug-likeness (QED) is 0.917. The van der Waals surface area contributed by atoms with Crippen LogP contribution in [-0.2, 0) is 11.3 Å². The zero-order chi connectivity index (χ0) is 14.8. The van der Waals surface area contributed by atoms with Crippen molar-refractivity contribution in [3.63, 3.8) is 0 Å². The highest BCUT2D eigenvalue weighted by Crippen LogP contribution is 2.23. The number of amides is 1. The highest BCUT2D eigenvalue weighted by atomic mass is 35.5. The molecule has 1 aromatic carbocycles. The fraction of sp³-hybridized carbons (Fsp3) is 0.467. The van der Waals surface area contributed by atoms with E-state index < -0.39 is 5.54 Å². The van der Waals surface area contributed by atoms with Crippen LogP contribution < -0.4 is 5.73 Å². The zero-order valence-electron chi connectivity index (χ0n) is 12.6. The topological polar surface area (TPSA) is 59.2 Å². The Balaban J connectivity index is 0.00000220. The lowest BCUT2D eigenvalue weighted by Crippen LogP contribution is -2.51. The SMILES string of the molecule is CCCC(C)(N)C(=O)N(C)Cc1nc2ccccc2s1.Cl. The lowest BCUT2D eigenvalue weighted by molar-refractivity contribution is -0.135. The van der Waals surface area contributed by atoms with Crippen molar-refractivity contribution in [1.29, 1.82) is 0 Å². The van der Waals surface area contributed by atoms with Crippen LogP contribution in [0.4, 0.5) is 0 Å². The molecular weight excluding hydrogens is 306 g/mol. The fourth-order valence-corrected chi connectivity index (χ4v) is 3.35. The lowest BCUT2D eigenvalue weighted by atomic mass is 9.96. The number of nitrogens with zero attached hydrogens (tertiary/aromatic N) is 2. The van der Waals surface area contributed by atoms with Gasteiger partial charge in [0, 0.05) is 7.05 Å². The molecule has 1 atom stereocenters. The summed E-state index contributed by atoms with van der Waals surface area (Å²) >= 11 is 1.62. The van der Waals surface area contributed by atoms with Crippen molar-refractivity contribution < 1.29 is 4.79 Å². The summed E-state index contributed by atoms with van der Waals surface area (Å²) in [6.45, 7) is 4.34. The molecule has 1 amide bonds. The Hall–Kier alpha value is -1.17.